The van der Waals surface area contributed by atoms with Gasteiger partial charge in [0.15, 0.2) is 29.0 Å². The van der Waals surface area contributed by atoms with E-state index in [0.717, 1.165) is 11.8 Å². The van der Waals surface area contributed by atoms with E-state index in [1.807, 2.05) is 0 Å². The second kappa shape index (κ2) is 11.0. The number of rotatable bonds is 9. The Balaban J connectivity index is 1.78. The van der Waals surface area contributed by atoms with Gasteiger partial charge in [-0.2, -0.15) is 8.78 Å². The molecule has 200 valence electrons. The van der Waals surface area contributed by atoms with E-state index >= 15 is 0 Å². The number of imidazole rings is 1. The third-order valence-electron chi connectivity index (χ3n) is 5.64. The molecule has 0 saturated carbocycles. The average molecular weight is 544 g/mol. The standard InChI is InChI=1S/C22H23F2N3O9S/c1-33-13-5-6-25-11(17(13)34-2)8-37-22-26-10-7-9(35-21(23)24)3-4-12(10)27(22)19-16(30)14(28)15(29)18(36-19)20(31)32/h3-7,14-16,18-19,21,28-30H,8H2,1-2H3,(H,31,32)/t14-,15+,16-,18-,19-/m0/s1. The first-order chi connectivity index (χ1) is 17.7. The zero-order valence-corrected chi connectivity index (χ0v) is 20.2. The van der Waals surface area contributed by atoms with Crippen molar-refractivity contribution >= 4 is 28.8 Å². The van der Waals surface area contributed by atoms with Gasteiger partial charge >= 0.3 is 12.6 Å². The fourth-order valence-corrected chi connectivity index (χ4v) is 4.92. The molecule has 3 heterocycles. The third-order valence-corrected chi connectivity index (χ3v) is 6.61. The summed E-state index contributed by atoms with van der Waals surface area (Å²) in [6.07, 6.45) is -7.38. The van der Waals surface area contributed by atoms with E-state index < -0.39 is 43.2 Å². The lowest BCUT2D eigenvalue weighted by atomic mass is 9.98. The van der Waals surface area contributed by atoms with E-state index in [0.29, 0.717) is 17.2 Å². The number of thioether (sulfide) groups is 1. The molecule has 0 spiro atoms. The molecule has 1 saturated heterocycles. The van der Waals surface area contributed by atoms with Crippen LogP contribution < -0.4 is 14.2 Å². The molecule has 1 aliphatic rings. The molecule has 37 heavy (non-hydrogen) atoms. The lowest BCUT2D eigenvalue weighted by Gasteiger charge is -2.39. The Kier molecular flexibility index (Phi) is 7.99. The molecule has 0 bridgehead atoms. The second-order valence-corrected chi connectivity index (χ2v) is 8.77. The van der Waals surface area contributed by atoms with Crippen molar-refractivity contribution in [1.82, 2.24) is 14.5 Å². The molecule has 0 aliphatic carbocycles. The van der Waals surface area contributed by atoms with E-state index in [1.165, 1.54) is 43.2 Å². The number of carbonyl (C=O) groups is 1. The van der Waals surface area contributed by atoms with Crippen LogP contribution in [0.25, 0.3) is 11.0 Å². The van der Waals surface area contributed by atoms with E-state index in [4.69, 9.17) is 14.2 Å². The molecule has 1 aromatic carbocycles. The number of nitrogens with zero attached hydrogens (tertiary/aromatic N) is 3. The number of carboxylic acids is 1. The van der Waals surface area contributed by atoms with Crippen LogP contribution in [0.4, 0.5) is 8.78 Å². The van der Waals surface area contributed by atoms with Gasteiger partial charge in [-0.25, -0.2) is 9.78 Å². The van der Waals surface area contributed by atoms with Crippen molar-refractivity contribution in [3.8, 4) is 17.2 Å². The summed E-state index contributed by atoms with van der Waals surface area (Å²) in [7, 11) is 2.91. The minimum atomic E-state index is -3.07. The normalized spacial score (nSPS) is 23.8. The number of ether oxygens (including phenoxy) is 4. The first kappa shape index (κ1) is 26.8. The molecule has 12 nitrogen and oxygen atoms in total. The number of hydrogen-bond donors (Lipinski definition) is 4. The Hall–Kier alpha value is -3.24. The Bertz CT molecular complexity index is 1280. The highest BCUT2D eigenvalue weighted by atomic mass is 32.2. The van der Waals surface area contributed by atoms with Gasteiger partial charge in [-0.1, -0.05) is 11.8 Å². The van der Waals surface area contributed by atoms with Crippen LogP contribution in [0.1, 0.15) is 11.9 Å². The van der Waals surface area contributed by atoms with Crippen LogP contribution in [0.2, 0.25) is 0 Å². The minimum absolute atomic E-state index is 0.153. The number of fused-ring (bicyclic) bond motifs is 1. The lowest BCUT2D eigenvalue weighted by molar-refractivity contribution is -0.247. The molecule has 0 radical (unpaired) electrons. The quantitative estimate of drug-likeness (QED) is 0.287. The SMILES string of the molecule is COc1ccnc(CSc2nc3cc(OC(F)F)ccc3n2[C@H]2O[C@H](C(=O)O)[C@H](O)[C@H](O)[C@@H]2O)c1OC. The predicted molar refractivity (Wildman–Crippen MR) is 123 cm³/mol. The van der Waals surface area contributed by atoms with Gasteiger partial charge < -0.3 is 39.4 Å². The fourth-order valence-electron chi connectivity index (χ4n) is 3.95. The number of halogens is 2. The molecule has 2 aromatic heterocycles. The molecule has 0 amide bonds. The van der Waals surface area contributed by atoms with Gasteiger partial charge in [-0.05, 0) is 12.1 Å². The van der Waals surface area contributed by atoms with Crippen molar-refractivity contribution in [3.63, 3.8) is 0 Å². The highest BCUT2D eigenvalue weighted by molar-refractivity contribution is 7.98. The first-order valence-corrected chi connectivity index (χ1v) is 11.7. The van der Waals surface area contributed by atoms with Crippen LogP contribution in [-0.2, 0) is 15.3 Å². The van der Waals surface area contributed by atoms with E-state index in [2.05, 4.69) is 14.7 Å². The summed E-state index contributed by atoms with van der Waals surface area (Å²) in [6, 6.07) is 5.46. The lowest BCUT2D eigenvalue weighted by Crippen LogP contribution is -2.57. The molecule has 1 fully saturated rings. The number of hydrogen-bond acceptors (Lipinski definition) is 11. The number of pyridine rings is 1. The summed E-state index contributed by atoms with van der Waals surface area (Å²) in [4.78, 5) is 20.4. The molecular formula is C22H23F2N3O9S. The predicted octanol–water partition coefficient (Wildman–Crippen LogP) is 1.41. The number of alkyl halides is 2. The maximum Gasteiger partial charge on any atom is 0.387 e. The molecule has 4 rings (SSSR count). The van der Waals surface area contributed by atoms with Gasteiger partial charge in [0.2, 0.25) is 0 Å². The topological polar surface area (TPSA) is 166 Å². The number of methoxy groups -OCH3 is 2. The Labute approximate surface area is 212 Å². The Morgan fingerprint density at radius 2 is 1.92 bits per heavy atom. The second-order valence-electron chi connectivity index (χ2n) is 7.83. The summed E-state index contributed by atoms with van der Waals surface area (Å²) in [5.74, 6) is -0.779. The summed E-state index contributed by atoms with van der Waals surface area (Å²) in [5, 5.41) is 40.8. The maximum absolute atomic E-state index is 12.7. The van der Waals surface area contributed by atoms with Crippen LogP contribution in [0.15, 0.2) is 35.6 Å². The Morgan fingerprint density at radius 3 is 2.57 bits per heavy atom. The van der Waals surface area contributed by atoms with Crippen LogP contribution in [0.3, 0.4) is 0 Å². The van der Waals surface area contributed by atoms with Crippen molar-refractivity contribution in [2.45, 2.75) is 48.2 Å². The molecule has 1 aliphatic heterocycles. The van der Waals surface area contributed by atoms with Gasteiger partial charge in [0.05, 0.1) is 30.9 Å². The van der Waals surface area contributed by atoms with Gasteiger partial charge in [0.1, 0.15) is 24.1 Å². The summed E-state index contributed by atoms with van der Waals surface area (Å²) in [6.45, 7) is -3.07. The van der Waals surface area contributed by atoms with Gasteiger partial charge in [-0.3, -0.25) is 9.55 Å². The number of aliphatic hydroxyl groups is 3. The zero-order valence-electron chi connectivity index (χ0n) is 19.4. The molecule has 0 unspecified atom stereocenters. The molecule has 5 atom stereocenters. The Morgan fingerprint density at radius 1 is 1.16 bits per heavy atom. The fraction of sp³-hybridized carbons (Fsp3) is 0.409. The van der Waals surface area contributed by atoms with Crippen molar-refractivity contribution in [1.29, 1.82) is 0 Å². The van der Waals surface area contributed by atoms with Crippen molar-refractivity contribution in [2.75, 3.05) is 14.2 Å². The van der Waals surface area contributed by atoms with Gasteiger partial charge in [0.25, 0.3) is 0 Å². The maximum atomic E-state index is 12.7. The van der Waals surface area contributed by atoms with Crippen LogP contribution >= 0.6 is 11.8 Å². The van der Waals surface area contributed by atoms with Crippen molar-refractivity contribution in [2.24, 2.45) is 0 Å². The smallest absolute Gasteiger partial charge is 0.387 e. The zero-order chi connectivity index (χ0) is 26.9. The molecular weight excluding hydrogens is 520 g/mol. The van der Waals surface area contributed by atoms with Gasteiger partial charge in [0, 0.05) is 24.1 Å². The number of carboxylic acid groups (broad SMARTS) is 1. The molecule has 3 aromatic rings. The van der Waals surface area contributed by atoms with E-state index in [9.17, 15) is 34.0 Å². The highest BCUT2D eigenvalue weighted by Crippen LogP contribution is 2.39. The van der Waals surface area contributed by atoms with E-state index in [1.54, 1.807) is 6.07 Å². The number of aliphatic hydroxyl groups excluding tert-OH is 3. The van der Waals surface area contributed by atoms with E-state index in [-0.39, 0.29) is 27.7 Å². The minimum Gasteiger partial charge on any atom is -0.493 e. The summed E-state index contributed by atoms with van der Waals surface area (Å²) < 4.78 is 47.4. The first-order valence-electron chi connectivity index (χ1n) is 10.7. The largest absolute Gasteiger partial charge is 0.493 e. The third kappa shape index (κ3) is 5.26. The molecule has 15 heteroatoms. The van der Waals surface area contributed by atoms with Crippen molar-refractivity contribution < 1.29 is 52.9 Å². The monoisotopic (exact) mass is 543 g/mol. The van der Waals surface area contributed by atoms with Gasteiger partial charge in [-0.15, -0.1) is 0 Å². The summed E-state index contributed by atoms with van der Waals surface area (Å²) >= 11 is 1.08. The average Bonchev–Trinajstić information content (AvgIpc) is 3.22. The van der Waals surface area contributed by atoms with Crippen molar-refractivity contribution in [3.05, 3.63) is 36.2 Å². The highest BCUT2D eigenvalue weighted by Gasteiger charge is 2.48. The number of benzene rings is 1. The number of aromatic nitrogens is 3. The van der Waals surface area contributed by atoms with Crippen LogP contribution in [0, 0.1) is 0 Å². The molecule has 4 N–H and O–H groups in total. The van der Waals surface area contributed by atoms with Crippen LogP contribution in [0.5, 0.6) is 17.2 Å². The van der Waals surface area contributed by atoms with Crippen LogP contribution in [-0.4, -0.2) is 86.2 Å². The summed E-state index contributed by atoms with van der Waals surface area (Å²) in [5.41, 5.74) is 0.886. The number of aliphatic carboxylic acids is 1.